The maximum atomic E-state index is 13.4. The average Bonchev–Trinajstić information content (AvgIpc) is 2.80. The lowest BCUT2D eigenvalue weighted by atomic mass is 10.00. The minimum Gasteiger partial charge on any atom is -0.491 e. The first-order valence-corrected chi connectivity index (χ1v) is 6.92. The van der Waals surface area contributed by atoms with Gasteiger partial charge in [0.25, 0.3) is 0 Å². The van der Waals surface area contributed by atoms with Gasteiger partial charge in [0, 0.05) is 6.04 Å². The summed E-state index contributed by atoms with van der Waals surface area (Å²) in [6.07, 6.45) is 4.82. The Morgan fingerprint density at radius 1 is 1.33 bits per heavy atom. The standard InChI is InChI=1S/C15H22FNO/c1-2-17-14-8-5-6-12(14)10-11-18-15-9-4-3-7-13(15)16/h3-4,7,9,12,14,17H,2,5-6,8,10-11H2,1H3. The maximum absolute atomic E-state index is 13.4. The predicted molar refractivity (Wildman–Crippen MR) is 71.3 cm³/mol. The summed E-state index contributed by atoms with van der Waals surface area (Å²) in [5.41, 5.74) is 0. The predicted octanol–water partition coefficient (Wildman–Crippen LogP) is 3.37. The van der Waals surface area contributed by atoms with E-state index in [0.717, 1.165) is 13.0 Å². The number of para-hydroxylation sites is 1. The Hall–Kier alpha value is -1.09. The molecule has 1 aliphatic rings. The van der Waals surface area contributed by atoms with Gasteiger partial charge in [-0.1, -0.05) is 25.5 Å². The van der Waals surface area contributed by atoms with Crippen LogP contribution >= 0.6 is 0 Å². The molecule has 0 heterocycles. The van der Waals surface area contributed by atoms with Crippen LogP contribution in [0.1, 0.15) is 32.6 Å². The van der Waals surface area contributed by atoms with Gasteiger partial charge in [0.1, 0.15) is 0 Å². The maximum Gasteiger partial charge on any atom is 0.165 e. The molecule has 0 spiro atoms. The molecule has 0 bridgehead atoms. The van der Waals surface area contributed by atoms with Gasteiger partial charge in [0.05, 0.1) is 6.61 Å². The third-order valence-electron chi connectivity index (χ3n) is 3.71. The highest BCUT2D eigenvalue weighted by Crippen LogP contribution is 2.28. The summed E-state index contributed by atoms with van der Waals surface area (Å²) in [6, 6.07) is 7.23. The van der Waals surface area contributed by atoms with E-state index < -0.39 is 0 Å². The van der Waals surface area contributed by atoms with Crippen molar-refractivity contribution < 1.29 is 9.13 Å². The van der Waals surface area contributed by atoms with E-state index in [0.29, 0.717) is 24.3 Å². The first kappa shape index (κ1) is 13.3. The highest BCUT2D eigenvalue weighted by Gasteiger charge is 2.26. The summed E-state index contributed by atoms with van der Waals surface area (Å²) in [5, 5.41) is 3.52. The Labute approximate surface area is 109 Å². The zero-order valence-corrected chi connectivity index (χ0v) is 11.0. The summed E-state index contributed by atoms with van der Waals surface area (Å²) in [6.45, 7) is 3.77. The van der Waals surface area contributed by atoms with E-state index in [9.17, 15) is 4.39 Å². The largest absolute Gasteiger partial charge is 0.491 e. The lowest BCUT2D eigenvalue weighted by molar-refractivity contribution is 0.252. The molecule has 3 heteroatoms. The molecule has 2 nitrogen and oxygen atoms in total. The molecule has 1 saturated carbocycles. The number of nitrogens with one attached hydrogen (secondary N) is 1. The monoisotopic (exact) mass is 251 g/mol. The summed E-state index contributed by atoms with van der Waals surface area (Å²) in [5.74, 6) is 0.777. The number of rotatable bonds is 6. The fourth-order valence-corrected chi connectivity index (χ4v) is 2.80. The second-order valence-electron chi connectivity index (χ2n) is 4.92. The highest BCUT2D eigenvalue weighted by atomic mass is 19.1. The first-order valence-electron chi connectivity index (χ1n) is 6.92. The molecule has 1 N–H and O–H groups in total. The quantitative estimate of drug-likeness (QED) is 0.837. The van der Waals surface area contributed by atoms with Gasteiger partial charge < -0.3 is 10.1 Å². The van der Waals surface area contributed by atoms with Crippen LogP contribution in [0.15, 0.2) is 24.3 Å². The lowest BCUT2D eigenvalue weighted by Gasteiger charge is -2.20. The Morgan fingerprint density at radius 2 is 2.17 bits per heavy atom. The Morgan fingerprint density at radius 3 is 2.94 bits per heavy atom. The van der Waals surface area contributed by atoms with Crippen LogP contribution in [-0.2, 0) is 0 Å². The molecule has 1 aromatic carbocycles. The van der Waals surface area contributed by atoms with Gasteiger partial charge in [-0.05, 0) is 43.9 Å². The van der Waals surface area contributed by atoms with Crippen LogP contribution in [0, 0.1) is 11.7 Å². The fourth-order valence-electron chi connectivity index (χ4n) is 2.80. The third-order valence-corrected chi connectivity index (χ3v) is 3.71. The van der Waals surface area contributed by atoms with Crippen molar-refractivity contribution in [3.63, 3.8) is 0 Å². The summed E-state index contributed by atoms with van der Waals surface area (Å²) < 4.78 is 18.9. The lowest BCUT2D eigenvalue weighted by Crippen LogP contribution is -2.32. The minimum atomic E-state index is -0.271. The molecular formula is C15H22FNO. The van der Waals surface area contributed by atoms with E-state index in [2.05, 4.69) is 12.2 Å². The van der Waals surface area contributed by atoms with Gasteiger partial charge in [-0.3, -0.25) is 0 Å². The van der Waals surface area contributed by atoms with E-state index in [1.54, 1.807) is 18.2 Å². The molecule has 2 rings (SSSR count). The molecular weight excluding hydrogens is 229 g/mol. The molecule has 0 amide bonds. The Balaban J connectivity index is 1.76. The van der Waals surface area contributed by atoms with E-state index in [1.807, 2.05) is 0 Å². The average molecular weight is 251 g/mol. The van der Waals surface area contributed by atoms with E-state index in [1.165, 1.54) is 25.3 Å². The van der Waals surface area contributed by atoms with Crippen molar-refractivity contribution >= 4 is 0 Å². The second-order valence-corrected chi connectivity index (χ2v) is 4.92. The van der Waals surface area contributed by atoms with Crippen molar-refractivity contribution in [1.29, 1.82) is 0 Å². The van der Waals surface area contributed by atoms with Crippen LogP contribution in [0.2, 0.25) is 0 Å². The number of ether oxygens (including phenoxy) is 1. The van der Waals surface area contributed by atoms with Crippen LogP contribution in [0.5, 0.6) is 5.75 Å². The van der Waals surface area contributed by atoms with Crippen molar-refractivity contribution in [2.45, 2.75) is 38.6 Å². The molecule has 1 aliphatic carbocycles. The van der Waals surface area contributed by atoms with Crippen molar-refractivity contribution in [1.82, 2.24) is 5.32 Å². The summed E-state index contributed by atoms with van der Waals surface area (Å²) >= 11 is 0. The molecule has 0 saturated heterocycles. The molecule has 2 unspecified atom stereocenters. The zero-order valence-electron chi connectivity index (χ0n) is 11.0. The molecule has 0 aromatic heterocycles. The van der Waals surface area contributed by atoms with Gasteiger partial charge in [-0.2, -0.15) is 0 Å². The van der Waals surface area contributed by atoms with Crippen LogP contribution < -0.4 is 10.1 Å². The fraction of sp³-hybridized carbons (Fsp3) is 0.600. The van der Waals surface area contributed by atoms with Crippen LogP contribution in [0.25, 0.3) is 0 Å². The smallest absolute Gasteiger partial charge is 0.165 e. The number of hydrogen-bond donors (Lipinski definition) is 1. The Bertz CT molecular complexity index is 369. The van der Waals surface area contributed by atoms with Gasteiger partial charge in [0.15, 0.2) is 11.6 Å². The number of hydrogen-bond acceptors (Lipinski definition) is 2. The number of benzene rings is 1. The van der Waals surface area contributed by atoms with E-state index in [4.69, 9.17) is 4.74 Å². The second kappa shape index (κ2) is 6.74. The van der Waals surface area contributed by atoms with Crippen molar-refractivity contribution in [3.05, 3.63) is 30.1 Å². The normalized spacial score (nSPS) is 23.2. The topological polar surface area (TPSA) is 21.3 Å². The van der Waals surface area contributed by atoms with Gasteiger partial charge in [-0.15, -0.1) is 0 Å². The zero-order chi connectivity index (χ0) is 12.8. The molecule has 0 radical (unpaired) electrons. The third kappa shape index (κ3) is 3.45. The van der Waals surface area contributed by atoms with Gasteiger partial charge in [-0.25, -0.2) is 4.39 Å². The molecule has 2 atom stereocenters. The molecule has 0 aliphatic heterocycles. The molecule has 18 heavy (non-hydrogen) atoms. The van der Waals surface area contributed by atoms with Crippen molar-refractivity contribution in [3.8, 4) is 5.75 Å². The summed E-state index contributed by atoms with van der Waals surface area (Å²) in [7, 11) is 0. The van der Waals surface area contributed by atoms with Crippen LogP contribution in [-0.4, -0.2) is 19.2 Å². The van der Waals surface area contributed by atoms with Crippen LogP contribution in [0.4, 0.5) is 4.39 Å². The van der Waals surface area contributed by atoms with E-state index in [-0.39, 0.29) is 5.82 Å². The minimum absolute atomic E-state index is 0.271. The highest BCUT2D eigenvalue weighted by molar-refractivity contribution is 5.23. The number of halogens is 1. The SMILES string of the molecule is CCNC1CCCC1CCOc1ccccc1F. The molecule has 1 aromatic rings. The van der Waals surface area contributed by atoms with Gasteiger partial charge >= 0.3 is 0 Å². The van der Waals surface area contributed by atoms with E-state index >= 15 is 0 Å². The van der Waals surface area contributed by atoms with Crippen LogP contribution in [0.3, 0.4) is 0 Å². The summed E-state index contributed by atoms with van der Waals surface area (Å²) in [4.78, 5) is 0. The first-order chi connectivity index (χ1) is 8.81. The molecule has 100 valence electrons. The van der Waals surface area contributed by atoms with Crippen molar-refractivity contribution in [2.24, 2.45) is 5.92 Å². The van der Waals surface area contributed by atoms with Crippen molar-refractivity contribution in [2.75, 3.05) is 13.2 Å². The molecule has 1 fully saturated rings. The van der Waals surface area contributed by atoms with Gasteiger partial charge in [0.2, 0.25) is 0 Å². The Kier molecular flexibility index (Phi) is 5.00.